The first-order valence-electron chi connectivity index (χ1n) is 11.8. The molecule has 0 aliphatic heterocycles. The molecule has 0 aliphatic carbocycles. The fourth-order valence-electron chi connectivity index (χ4n) is 4.05. The Labute approximate surface area is 227 Å². The van der Waals surface area contributed by atoms with Gasteiger partial charge in [0.1, 0.15) is 0 Å². The minimum atomic E-state index is -0.717. The van der Waals surface area contributed by atoms with E-state index in [1.807, 2.05) is 54.6 Å². The summed E-state index contributed by atoms with van der Waals surface area (Å²) in [5.41, 5.74) is 3.47. The monoisotopic (exact) mass is 564 g/mol. The standard InChI is InChI=1S/C31H21BrN2O4/c32-25-15-7-4-13-22(25)29(35)19-38-31(37)23-14-6-9-17-27(23)34-30(36)24-18-28(20-10-2-1-3-11-20)33-26-16-8-5-12-21(24)26/h1-18H,19H2,(H,34,36). The molecule has 0 saturated heterocycles. The number of amides is 1. The van der Waals surface area contributed by atoms with Crippen molar-refractivity contribution in [2.45, 2.75) is 0 Å². The van der Waals surface area contributed by atoms with Crippen molar-refractivity contribution >= 4 is 50.2 Å². The van der Waals surface area contributed by atoms with Gasteiger partial charge in [0.2, 0.25) is 5.78 Å². The van der Waals surface area contributed by atoms with E-state index in [4.69, 9.17) is 9.72 Å². The molecule has 0 unspecified atom stereocenters. The number of nitrogens with one attached hydrogen (secondary N) is 1. The number of Topliss-reactive ketones (excluding diaryl/α,β-unsaturated/α-hetero) is 1. The molecule has 6 nitrogen and oxygen atoms in total. The maximum absolute atomic E-state index is 13.5. The Morgan fingerprint density at radius 3 is 2.18 bits per heavy atom. The predicted molar refractivity (Wildman–Crippen MR) is 150 cm³/mol. The van der Waals surface area contributed by atoms with Crippen LogP contribution >= 0.6 is 15.9 Å². The van der Waals surface area contributed by atoms with Crippen LogP contribution in [0.15, 0.2) is 114 Å². The minimum absolute atomic E-state index is 0.141. The number of carbonyl (C=O) groups is 3. The lowest BCUT2D eigenvalue weighted by Gasteiger charge is -2.13. The van der Waals surface area contributed by atoms with Crippen LogP contribution in [0, 0.1) is 0 Å². The zero-order valence-electron chi connectivity index (χ0n) is 20.1. The van der Waals surface area contributed by atoms with Crippen LogP contribution in [0.4, 0.5) is 5.69 Å². The van der Waals surface area contributed by atoms with Crippen LogP contribution in [0.25, 0.3) is 22.2 Å². The molecule has 1 N–H and O–H groups in total. The molecule has 0 aliphatic rings. The quantitative estimate of drug-likeness (QED) is 0.170. The van der Waals surface area contributed by atoms with Crippen molar-refractivity contribution < 1.29 is 19.1 Å². The third-order valence-corrected chi connectivity index (χ3v) is 6.63. The Morgan fingerprint density at radius 1 is 0.737 bits per heavy atom. The molecule has 0 radical (unpaired) electrons. The van der Waals surface area contributed by atoms with Gasteiger partial charge in [-0.05, 0) is 30.3 Å². The van der Waals surface area contributed by atoms with Crippen molar-refractivity contribution in [2.24, 2.45) is 0 Å². The number of benzene rings is 4. The Hall–Kier alpha value is -4.62. The number of pyridine rings is 1. The number of hydrogen-bond donors (Lipinski definition) is 1. The first-order chi connectivity index (χ1) is 18.5. The number of halogens is 1. The van der Waals surface area contributed by atoms with Crippen LogP contribution in [-0.4, -0.2) is 29.3 Å². The SMILES string of the molecule is O=C(COC(=O)c1ccccc1NC(=O)c1cc(-c2ccccc2)nc2ccccc12)c1ccccc1Br. The molecule has 7 heteroatoms. The van der Waals surface area contributed by atoms with Gasteiger partial charge in [-0.2, -0.15) is 0 Å². The zero-order chi connectivity index (χ0) is 26.5. The van der Waals surface area contributed by atoms with Crippen LogP contribution in [0.3, 0.4) is 0 Å². The van der Waals surface area contributed by atoms with Gasteiger partial charge in [-0.15, -0.1) is 0 Å². The Bertz CT molecular complexity index is 1670. The molecule has 5 rings (SSSR count). The van der Waals surface area contributed by atoms with Gasteiger partial charge in [-0.1, -0.05) is 94.8 Å². The smallest absolute Gasteiger partial charge is 0.340 e. The largest absolute Gasteiger partial charge is 0.454 e. The molecule has 38 heavy (non-hydrogen) atoms. The number of ketones is 1. The highest BCUT2D eigenvalue weighted by Crippen LogP contribution is 2.26. The zero-order valence-corrected chi connectivity index (χ0v) is 21.6. The van der Waals surface area contributed by atoms with E-state index in [1.54, 1.807) is 54.6 Å². The van der Waals surface area contributed by atoms with E-state index in [-0.39, 0.29) is 17.0 Å². The summed E-state index contributed by atoms with van der Waals surface area (Å²) < 4.78 is 5.92. The number of esters is 1. The lowest BCUT2D eigenvalue weighted by atomic mass is 10.0. The van der Waals surface area contributed by atoms with E-state index in [2.05, 4.69) is 21.2 Å². The Kier molecular flexibility index (Phi) is 7.38. The fraction of sp³-hybridized carbons (Fsp3) is 0.0323. The molecule has 1 heterocycles. The minimum Gasteiger partial charge on any atom is -0.454 e. The predicted octanol–water partition coefficient (Wildman–Crippen LogP) is 6.96. The third-order valence-electron chi connectivity index (χ3n) is 5.93. The summed E-state index contributed by atoms with van der Waals surface area (Å²) in [5.74, 6) is -1.46. The summed E-state index contributed by atoms with van der Waals surface area (Å²) in [6.45, 7) is -0.431. The second-order valence-electron chi connectivity index (χ2n) is 8.42. The number of hydrogen-bond acceptors (Lipinski definition) is 5. The molecule has 0 saturated carbocycles. The Morgan fingerprint density at radius 2 is 1.39 bits per heavy atom. The van der Waals surface area contributed by atoms with Gasteiger partial charge in [-0.3, -0.25) is 9.59 Å². The number of anilines is 1. The molecule has 186 valence electrons. The van der Waals surface area contributed by atoms with Gasteiger partial charge in [0.15, 0.2) is 6.61 Å². The fourth-order valence-corrected chi connectivity index (χ4v) is 4.56. The Balaban J connectivity index is 1.40. The summed E-state index contributed by atoms with van der Waals surface area (Å²) in [5, 5.41) is 3.53. The first kappa shape index (κ1) is 25.0. The molecular formula is C31H21BrN2O4. The lowest BCUT2D eigenvalue weighted by molar-refractivity contribution is 0.0475. The van der Waals surface area contributed by atoms with E-state index >= 15 is 0 Å². The number of ether oxygens (including phenoxy) is 1. The topological polar surface area (TPSA) is 85.4 Å². The van der Waals surface area contributed by atoms with Crippen LogP contribution < -0.4 is 5.32 Å². The number of aromatic nitrogens is 1. The van der Waals surface area contributed by atoms with Crippen molar-refractivity contribution in [3.63, 3.8) is 0 Å². The van der Waals surface area contributed by atoms with E-state index in [0.29, 0.717) is 32.2 Å². The molecule has 0 bridgehead atoms. The maximum atomic E-state index is 13.5. The van der Waals surface area contributed by atoms with Gasteiger partial charge < -0.3 is 10.1 Å². The van der Waals surface area contributed by atoms with Crippen molar-refractivity contribution in [1.82, 2.24) is 4.98 Å². The lowest BCUT2D eigenvalue weighted by Crippen LogP contribution is -2.18. The summed E-state index contributed by atoms with van der Waals surface area (Å²) in [6, 6.07) is 32.2. The second-order valence-corrected chi connectivity index (χ2v) is 9.27. The van der Waals surface area contributed by atoms with E-state index in [1.165, 1.54) is 0 Å². The average Bonchev–Trinajstić information content (AvgIpc) is 2.96. The van der Waals surface area contributed by atoms with Gasteiger partial charge >= 0.3 is 5.97 Å². The summed E-state index contributed by atoms with van der Waals surface area (Å²) in [6.07, 6.45) is 0. The number of carbonyl (C=O) groups excluding carboxylic acids is 3. The van der Waals surface area contributed by atoms with E-state index in [9.17, 15) is 14.4 Å². The van der Waals surface area contributed by atoms with Crippen molar-refractivity contribution in [2.75, 3.05) is 11.9 Å². The molecule has 0 fully saturated rings. The molecular weight excluding hydrogens is 544 g/mol. The van der Waals surface area contributed by atoms with Gasteiger partial charge in [-0.25, -0.2) is 9.78 Å². The normalized spacial score (nSPS) is 10.7. The van der Waals surface area contributed by atoms with Crippen LogP contribution in [-0.2, 0) is 4.74 Å². The van der Waals surface area contributed by atoms with Crippen molar-refractivity contribution in [3.8, 4) is 11.3 Å². The van der Waals surface area contributed by atoms with E-state index < -0.39 is 18.5 Å². The number of fused-ring (bicyclic) bond motifs is 1. The summed E-state index contributed by atoms with van der Waals surface area (Å²) >= 11 is 3.33. The highest BCUT2D eigenvalue weighted by atomic mass is 79.9. The number of rotatable bonds is 7. The molecule has 1 amide bonds. The number of nitrogens with zero attached hydrogens (tertiary/aromatic N) is 1. The molecule has 1 aromatic heterocycles. The van der Waals surface area contributed by atoms with Crippen LogP contribution in [0.2, 0.25) is 0 Å². The van der Waals surface area contributed by atoms with Gasteiger partial charge in [0, 0.05) is 21.0 Å². The third kappa shape index (κ3) is 5.38. The molecule has 0 atom stereocenters. The van der Waals surface area contributed by atoms with Gasteiger partial charge in [0.25, 0.3) is 5.91 Å². The van der Waals surface area contributed by atoms with Gasteiger partial charge in [0.05, 0.1) is 28.0 Å². The highest BCUT2D eigenvalue weighted by molar-refractivity contribution is 9.10. The highest BCUT2D eigenvalue weighted by Gasteiger charge is 2.20. The molecule has 5 aromatic rings. The first-order valence-corrected chi connectivity index (χ1v) is 12.6. The van der Waals surface area contributed by atoms with Crippen LogP contribution in [0.5, 0.6) is 0 Å². The summed E-state index contributed by atoms with van der Waals surface area (Å²) in [7, 11) is 0. The maximum Gasteiger partial charge on any atom is 0.340 e. The second kappa shape index (κ2) is 11.2. The van der Waals surface area contributed by atoms with Crippen LogP contribution in [0.1, 0.15) is 31.1 Å². The number of para-hydroxylation sites is 2. The van der Waals surface area contributed by atoms with Crippen molar-refractivity contribution in [3.05, 3.63) is 130 Å². The van der Waals surface area contributed by atoms with E-state index in [0.717, 1.165) is 5.56 Å². The molecule has 4 aromatic carbocycles. The average molecular weight is 565 g/mol. The van der Waals surface area contributed by atoms with Crippen molar-refractivity contribution in [1.29, 1.82) is 0 Å². The summed E-state index contributed by atoms with van der Waals surface area (Å²) in [4.78, 5) is 43.7. The molecule has 0 spiro atoms.